The zero-order valence-electron chi connectivity index (χ0n) is 17.6. The minimum atomic E-state index is -2.01. The number of nitro groups is 3. The number of carbonyl (C=O) groups excluding carboxylic acids is 2. The van der Waals surface area contributed by atoms with E-state index in [2.05, 4.69) is 0 Å². The third-order valence-corrected chi connectivity index (χ3v) is 5.48. The number of para-hydroxylation sites is 1. The van der Waals surface area contributed by atoms with Gasteiger partial charge in [-0.2, -0.15) is 0 Å². The minimum absolute atomic E-state index is 0.500. The lowest BCUT2D eigenvalue weighted by Crippen LogP contribution is -2.10. The average Bonchev–Trinajstić information content (AvgIpc) is 2.81. The van der Waals surface area contributed by atoms with Gasteiger partial charge in [-0.1, -0.05) is 12.1 Å². The molecule has 0 aromatic heterocycles. The lowest BCUT2D eigenvalue weighted by Gasteiger charge is -2.14. The number of hydrogen-bond donors (Lipinski definition) is 1. The number of aromatic carboxylic acids is 1. The number of halogens is 3. The Morgan fingerprint density at radius 3 is 1.81 bits per heavy atom. The van der Waals surface area contributed by atoms with Gasteiger partial charge in [0.15, 0.2) is 0 Å². The Morgan fingerprint density at radius 2 is 1.32 bits per heavy atom. The standard InChI is InChI=1S/C21H8Cl2FN3O10/c22-19(28)11-3-1-2-9(17(11)26(34)35)8-4-5-10(18(27(36)37)15(8)20(23)29)14-12(24)6-7-13(25(32)33)16(14)21(30)31/h1-7H,(H,30,31). The molecule has 0 unspecified atom stereocenters. The second-order valence-corrected chi connectivity index (χ2v) is 7.71. The molecule has 0 aliphatic heterocycles. The van der Waals surface area contributed by atoms with Crippen molar-refractivity contribution in [1.82, 2.24) is 0 Å². The van der Waals surface area contributed by atoms with Gasteiger partial charge >= 0.3 is 5.97 Å². The molecule has 0 atom stereocenters. The van der Waals surface area contributed by atoms with Crippen LogP contribution in [-0.2, 0) is 0 Å². The molecule has 0 heterocycles. The molecule has 0 aliphatic carbocycles. The maximum Gasteiger partial charge on any atom is 0.343 e. The highest BCUT2D eigenvalue weighted by atomic mass is 35.5. The molecule has 3 aromatic carbocycles. The van der Waals surface area contributed by atoms with Crippen LogP contribution in [0.1, 0.15) is 31.1 Å². The molecule has 0 saturated carbocycles. The fourth-order valence-corrected chi connectivity index (χ4v) is 4.06. The van der Waals surface area contributed by atoms with E-state index in [1.807, 2.05) is 0 Å². The summed E-state index contributed by atoms with van der Waals surface area (Å²) in [5.74, 6) is -3.44. The topological polar surface area (TPSA) is 201 Å². The zero-order valence-corrected chi connectivity index (χ0v) is 19.2. The predicted molar refractivity (Wildman–Crippen MR) is 125 cm³/mol. The van der Waals surface area contributed by atoms with Gasteiger partial charge in [-0.25, -0.2) is 9.18 Å². The van der Waals surface area contributed by atoms with Crippen molar-refractivity contribution in [2.24, 2.45) is 0 Å². The molecule has 37 heavy (non-hydrogen) atoms. The molecule has 0 aliphatic rings. The van der Waals surface area contributed by atoms with Crippen molar-refractivity contribution >= 4 is 56.7 Å². The summed E-state index contributed by atoms with van der Waals surface area (Å²) in [4.78, 5) is 67.7. The van der Waals surface area contributed by atoms with Crippen molar-refractivity contribution in [3.63, 3.8) is 0 Å². The Balaban J connectivity index is 2.57. The van der Waals surface area contributed by atoms with Gasteiger partial charge in [0.05, 0.1) is 25.9 Å². The third-order valence-electron chi connectivity index (χ3n) is 5.09. The van der Waals surface area contributed by atoms with Gasteiger partial charge < -0.3 is 5.11 Å². The Hall–Kier alpha value is -4.82. The molecular formula is C21H8Cl2FN3O10. The van der Waals surface area contributed by atoms with Crippen LogP contribution in [0, 0.1) is 36.2 Å². The lowest BCUT2D eigenvalue weighted by molar-refractivity contribution is -0.385. The van der Waals surface area contributed by atoms with E-state index in [4.69, 9.17) is 23.2 Å². The summed E-state index contributed by atoms with van der Waals surface area (Å²) in [5.41, 5.74) is -9.29. The van der Waals surface area contributed by atoms with E-state index in [1.54, 1.807) is 0 Å². The van der Waals surface area contributed by atoms with Crippen molar-refractivity contribution in [3.8, 4) is 22.3 Å². The maximum atomic E-state index is 14.9. The number of carbonyl (C=O) groups is 3. The number of carboxylic acid groups (broad SMARTS) is 1. The van der Waals surface area contributed by atoms with E-state index in [1.165, 1.54) is 0 Å². The first kappa shape index (κ1) is 26.8. The Morgan fingerprint density at radius 1 is 0.730 bits per heavy atom. The van der Waals surface area contributed by atoms with Crippen LogP contribution >= 0.6 is 23.2 Å². The Bertz CT molecular complexity index is 1570. The van der Waals surface area contributed by atoms with Crippen LogP contribution in [0.15, 0.2) is 42.5 Å². The highest BCUT2D eigenvalue weighted by molar-refractivity contribution is 6.69. The van der Waals surface area contributed by atoms with E-state index < -0.39 is 93.0 Å². The SMILES string of the molecule is O=C(Cl)c1cccc(-c2ccc(-c3c(F)ccc([N+](=O)[O-])c3C(=O)O)c([N+](=O)[O-])c2C(=O)Cl)c1[N+](=O)[O-]. The lowest BCUT2D eigenvalue weighted by atomic mass is 9.89. The summed E-state index contributed by atoms with van der Waals surface area (Å²) < 4.78 is 14.9. The molecule has 16 heteroatoms. The van der Waals surface area contributed by atoms with Crippen LogP contribution in [0.25, 0.3) is 22.3 Å². The number of rotatable bonds is 8. The van der Waals surface area contributed by atoms with E-state index >= 15 is 0 Å². The van der Waals surface area contributed by atoms with Gasteiger partial charge in [0.25, 0.3) is 27.5 Å². The normalized spacial score (nSPS) is 10.6. The molecule has 3 rings (SSSR count). The maximum absolute atomic E-state index is 14.9. The van der Waals surface area contributed by atoms with E-state index in [0.29, 0.717) is 12.1 Å². The van der Waals surface area contributed by atoms with Gasteiger partial charge in [-0.3, -0.25) is 39.9 Å². The quantitative estimate of drug-likeness (QED) is 0.216. The second kappa shape index (κ2) is 10.0. The monoisotopic (exact) mass is 551 g/mol. The first-order valence-corrected chi connectivity index (χ1v) is 10.2. The van der Waals surface area contributed by atoms with Crippen LogP contribution in [0.3, 0.4) is 0 Å². The van der Waals surface area contributed by atoms with Crippen LogP contribution in [-0.4, -0.2) is 36.3 Å². The van der Waals surface area contributed by atoms with E-state index in [9.17, 15) is 54.2 Å². The molecular weight excluding hydrogens is 544 g/mol. The summed E-state index contributed by atoms with van der Waals surface area (Å²) in [6.07, 6.45) is 0. The van der Waals surface area contributed by atoms with Gasteiger partial charge in [-0.15, -0.1) is 0 Å². The molecule has 0 spiro atoms. The smallest absolute Gasteiger partial charge is 0.343 e. The summed E-state index contributed by atoms with van der Waals surface area (Å²) in [5, 5.41) is 41.9. The fraction of sp³-hybridized carbons (Fsp3) is 0. The number of nitrogens with zero attached hydrogens (tertiary/aromatic N) is 3. The number of carboxylic acids is 1. The molecule has 1 N–H and O–H groups in total. The van der Waals surface area contributed by atoms with Crippen molar-refractivity contribution in [2.75, 3.05) is 0 Å². The largest absolute Gasteiger partial charge is 0.477 e. The fourth-order valence-electron chi connectivity index (χ4n) is 3.72. The van der Waals surface area contributed by atoms with Gasteiger partial charge in [0, 0.05) is 17.2 Å². The van der Waals surface area contributed by atoms with Crippen molar-refractivity contribution in [3.05, 3.63) is 95.3 Å². The molecule has 0 bridgehead atoms. The number of hydrogen-bond acceptors (Lipinski definition) is 9. The Labute approximate surface area is 213 Å². The average molecular weight is 552 g/mol. The van der Waals surface area contributed by atoms with Crippen molar-refractivity contribution in [2.45, 2.75) is 0 Å². The van der Waals surface area contributed by atoms with E-state index in [-0.39, 0.29) is 0 Å². The first-order chi connectivity index (χ1) is 17.3. The molecule has 188 valence electrons. The molecule has 0 saturated heterocycles. The van der Waals surface area contributed by atoms with Crippen LogP contribution < -0.4 is 0 Å². The van der Waals surface area contributed by atoms with Crippen LogP contribution in [0.4, 0.5) is 21.5 Å². The summed E-state index contributed by atoms with van der Waals surface area (Å²) in [7, 11) is 0. The minimum Gasteiger partial charge on any atom is -0.477 e. The van der Waals surface area contributed by atoms with Crippen molar-refractivity contribution in [1.29, 1.82) is 0 Å². The summed E-state index contributed by atoms with van der Waals surface area (Å²) >= 11 is 11.0. The van der Waals surface area contributed by atoms with Gasteiger partial charge in [0.2, 0.25) is 0 Å². The van der Waals surface area contributed by atoms with E-state index in [0.717, 1.165) is 30.3 Å². The molecule has 0 amide bonds. The van der Waals surface area contributed by atoms with Crippen molar-refractivity contribution < 1.29 is 38.7 Å². The zero-order chi connectivity index (χ0) is 27.8. The van der Waals surface area contributed by atoms with Crippen LogP contribution in [0.2, 0.25) is 0 Å². The Kier molecular flexibility index (Phi) is 7.27. The second-order valence-electron chi connectivity index (χ2n) is 7.03. The third kappa shape index (κ3) is 4.70. The summed E-state index contributed by atoms with van der Waals surface area (Å²) in [6, 6.07) is 5.77. The summed E-state index contributed by atoms with van der Waals surface area (Å²) in [6.45, 7) is 0. The van der Waals surface area contributed by atoms with Gasteiger partial charge in [-0.05, 0) is 47.5 Å². The first-order valence-electron chi connectivity index (χ1n) is 9.48. The molecule has 13 nitrogen and oxygen atoms in total. The predicted octanol–water partition coefficient (Wildman–Crippen LogP) is 5.34. The number of nitro benzene ring substituents is 3. The highest BCUT2D eigenvalue weighted by Crippen LogP contribution is 2.45. The molecule has 3 aromatic rings. The van der Waals surface area contributed by atoms with Gasteiger partial charge in [0.1, 0.15) is 22.5 Å². The van der Waals surface area contributed by atoms with Crippen LogP contribution in [0.5, 0.6) is 0 Å². The highest BCUT2D eigenvalue weighted by Gasteiger charge is 2.37. The molecule has 0 radical (unpaired) electrons. The number of benzene rings is 3. The molecule has 0 fully saturated rings.